The van der Waals surface area contributed by atoms with Gasteiger partial charge in [0.1, 0.15) is 0 Å². The number of carbonyl (C=O) groups is 1. The quantitative estimate of drug-likeness (QED) is 0.918. The maximum Gasteiger partial charge on any atom is 0.322 e. The molecule has 1 aliphatic rings. The third-order valence-corrected chi connectivity index (χ3v) is 4.06. The van der Waals surface area contributed by atoms with Crippen LogP contribution in [0.15, 0.2) is 22.7 Å². The Balaban J connectivity index is 1.95. The molecule has 20 heavy (non-hydrogen) atoms. The van der Waals surface area contributed by atoms with Crippen molar-refractivity contribution in [1.82, 2.24) is 4.90 Å². The van der Waals surface area contributed by atoms with Crippen LogP contribution in [0.25, 0.3) is 0 Å². The molecule has 110 valence electrons. The van der Waals surface area contributed by atoms with Gasteiger partial charge in [-0.3, -0.25) is 0 Å². The average molecular weight is 343 g/mol. The number of nitrogens with one attached hydrogen (secondary N) is 1. The van der Waals surface area contributed by atoms with Crippen molar-refractivity contribution in [2.24, 2.45) is 0 Å². The maximum absolute atomic E-state index is 12.2. The molecular weight excluding hydrogens is 324 g/mol. The van der Waals surface area contributed by atoms with Gasteiger partial charge >= 0.3 is 6.03 Å². The first-order valence-corrected chi connectivity index (χ1v) is 7.32. The number of carbonyl (C=O) groups excluding carboxylic acids is 1. The zero-order valence-electron chi connectivity index (χ0n) is 11.7. The number of halogens is 1. The molecule has 1 heterocycles. The standard InChI is InChI=1S/C14H19BrN2O3/c1-10-3-4-11(7-13(10)15)16-14(18)17-5-6-20-12(8-17)9-19-2/h3-4,7,12H,5-6,8-9H2,1-2H3,(H,16,18). The number of methoxy groups -OCH3 is 1. The fraction of sp³-hybridized carbons (Fsp3) is 0.500. The largest absolute Gasteiger partial charge is 0.382 e. The number of anilines is 1. The zero-order chi connectivity index (χ0) is 14.5. The van der Waals surface area contributed by atoms with Gasteiger partial charge in [-0.05, 0) is 24.6 Å². The van der Waals surface area contributed by atoms with Gasteiger partial charge in [0.25, 0.3) is 0 Å². The highest BCUT2D eigenvalue weighted by Gasteiger charge is 2.24. The van der Waals surface area contributed by atoms with Crippen molar-refractivity contribution in [2.45, 2.75) is 13.0 Å². The van der Waals surface area contributed by atoms with Crippen LogP contribution in [0.3, 0.4) is 0 Å². The van der Waals surface area contributed by atoms with Crippen molar-refractivity contribution in [1.29, 1.82) is 0 Å². The number of urea groups is 1. The molecule has 2 amide bonds. The molecule has 1 saturated heterocycles. The van der Waals surface area contributed by atoms with E-state index in [9.17, 15) is 4.79 Å². The van der Waals surface area contributed by atoms with Gasteiger partial charge in [-0.1, -0.05) is 22.0 Å². The van der Waals surface area contributed by atoms with Gasteiger partial charge in [0, 0.05) is 23.8 Å². The maximum atomic E-state index is 12.2. The van der Waals surface area contributed by atoms with E-state index in [1.165, 1.54) is 0 Å². The lowest BCUT2D eigenvalue weighted by Crippen LogP contribution is -2.48. The van der Waals surface area contributed by atoms with E-state index >= 15 is 0 Å². The van der Waals surface area contributed by atoms with Gasteiger partial charge in [0.05, 0.1) is 25.9 Å². The predicted octanol–water partition coefficient (Wildman–Crippen LogP) is 2.64. The Kier molecular flexibility index (Phi) is 5.39. The molecular formula is C14H19BrN2O3. The second-order valence-corrected chi connectivity index (χ2v) is 5.64. The second-order valence-electron chi connectivity index (χ2n) is 4.79. The fourth-order valence-electron chi connectivity index (χ4n) is 2.06. The van der Waals surface area contributed by atoms with Crippen LogP contribution >= 0.6 is 15.9 Å². The van der Waals surface area contributed by atoms with Crippen LogP contribution in [0.2, 0.25) is 0 Å². The summed E-state index contributed by atoms with van der Waals surface area (Å²) in [6, 6.07) is 5.66. The summed E-state index contributed by atoms with van der Waals surface area (Å²) in [6.07, 6.45) is -0.0516. The molecule has 1 aromatic rings. The summed E-state index contributed by atoms with van der Waals surface area (Å²) in [7, 11) is 1.63. The van der Waals surface area contributed by atoms with Gasteiger partial charge in [0.2, 0.25) is 0 Å². The summed E-state index contributed by atoms with van der Waals surface area (Å²) in [5, 5.41) is 2.90. The number of hydrogen-bond acceptors (Lipinski definition) is 3. The van der Waals surface area contributed by atoms with Crippen molar-refractivity contribution in [3.63, 3.8) is 0 Å². The molecule has 0 aliphatic carbocycles. The Hall–Kier alpha value is -1.11. The minimum absolute atomic E-state index is 0.0516. The number of rotatable bonds is 3. The summed E-state index contributed by atoms with van der Waals surface area (Å²) in [5.74, 6) is 0. The first-order valence-electron chi connectivity index (χ1n) is 6.52. The van der Waals surface area contributed by atoms with Gasteiger partial charge < -0.3 is 19.7 Å². The fourth-order valence-corrected chi connectivity index (χ4v) is 2.44. The van der Waals surface area contributed by atoms with Crippen molar-refractivity contribution in [3.05, 3.63) is 28.2 Å². The Bertz CT molecular complexity index is 479. The SMILES string of the molecule is COCC1CN(C(=O)Nc2ccc(C)c(Br)c2)CCO1. The molecule has 1 aliphatic heterocycles. The van der Waals surface area contributed by atoms with Gasteiger partial charge in [-0.15, -0.1) is 0 Å². The van der Waals surface area contributed by atoms with Gasteiger partial charge in [0.15, 0.2) is 0 Å². The second kappa shape index (κ2) is 7.06. The molecule has 6 heteroatoms. The molecule has 1 fully saturated rings. The van der Waals surface area contributed by atoms with Crippen LogP contribution in [0.1, 0.15) is 5.56 Å². The molecule has 0 spiro atoms. The predicted molar refractivity (Wildman–Crippen MR) is 81.1 cm³/mol. The molecule has 1 N–H and O–H groups in total. The molecule has 2 rings (SSSR count). The van der Waals surface area contributed by atoms with E-state index in [1.807, 2.05) is 25.1 Å². The summed E-state index contributed by atoms with van der Waals surface area (Å²) < 4.78 is 11.6. The Morgan fingerprint density at radius 2 is 2.40 bits per heavy atom. The number of nitrogens with zero attached hydrogens (tertiary/aromatic N) is 1. The Morgan fingerprint density at radius 3 is 3.10 bits per heavy atom. The van der Waals surface area contributed by atoms with E-state index in [4.69, 9.17) is 9.47 Å². The number of benzene rings is 1. The highest BCUT2D eigenvalue weighted by Crippen LogP contribution is 2.21. The van der Waals surface area contributed by atoms with E-state index < -0.39 is 0 Å². The summed E-state index contributed by atoms with van der Waals surface area (Å²) in [6.45, 7) is 4.19. The lowest BCUT2D eigenvalue weighted by atomic mass is 10.2. The minimum Gasteiger partial charge on any atom is -0.382 e. The molecule has 1 unspecified atom stereocenters. The summed E-state index contributed by atoms with van der Waals surface area (Å²) >= 11 is 3.46. The van der Waals surface area contributed by atoms with Gasteiger partial charge in [-0.25, -0.2) is 4.79 Å². The summed E-state index contributed by atoms with van der Waals surface area (Å²) in [4.78, 5) is 14.0. The monoisotopic (exact) mass is 342 g/mol. The van der Waals surface area contributed by atoms with Gasteiger partial charge in [-0.2, -0.15) is 0 Å². The first kappa shape index (κ1) is 15.3. The lowest BCUT2D eigenvalue weighted by molar-refractivity contribution is -0.0481. The first-order chi connectivity index (χ1) is 9.60. The van der Waals surface area contributed by atoms with Crippen molar-refractivity contribution >= 4 is 27.6 Å². The van der Waals surface area contributed by atoms with E-state index in [2.05, 4.69) is 21.2 Å². The number of aryl methyl sites for hydroxylation is 1. The van der Waals surface area contributed by atoms with Crippen LogP contribution in [0, 0.1) is 6.92 Å². The van der Waals surface area contributed by atoms with Crippen LogP contribution in [-0.4, -0.2) is 50.4 Å². The minimum atomic E-state index is -0.106. The topological polar surface area (TPSA) is 50.8 Å². The van der Waals surface area contributed by atoms with Crippen LogP contribution in [-0.2, 0) is 9.47 Å². The van der Waals surface area contributed by atoms with E-state index in [1.54, 1.807) is 12.0 Å². The highest BCUT2D eigenvalue weighted by atomic mass is 79.9. The molecule has 1 aromatic carbocycles. The molecule has 0 bridgehead atoms. The number of hydrogen-bond donors (Lipinski definition) is 1. The smallest absolute Gasteiger partial charge is 0.322 e. The third-order valence-electron chi connectivity index (χ3n) is 3.20. The zero-order valence-corrected chi connectivity index (χ0v) is 13.3. The van der Waals surface area contributed by atoms with Crippen molar-refractivity contribution in [2.75, 3.05) is 38.7 Å². The molecule has 0 saturated carbocycles. The normalized spacial score (nSPS) is 18.9. The lowest BCUT2D eigenvalue weighted by Gasteiger charge is -2.32. The molecule has 1 atom stereocenters. The van der Waals surface area contributed by atoms with Crippen LogP contribution in [0.4, 0.5) is 10.5 Å². The van der Waals surface area contributed by atoms with E-state index in [-0.39, 0.29) is 12.1 Å². The van der Waals surface area contributed by atoms with E-state index in [0.717, 1.165) is 15.7 Å². The third kappa shape index (κ3) is 3.94. The average Bonchev–Trinajstić information content (AvgIpc) is 2.43. The number of amides is 2. The molecule has 5 nitrogen and oxygen atoms in total. The summed E-state index contributed by atoms with van der Waals surface area (Å²) in [5.41, 5.74) is 1.91. The Labute approximate surface area is 127 Å². The number of morpholine rings is 1. The molecule has 0 aromatic heterocycles. The van der Waals surface area contributed by atoms with Crippen LogP contribution in [0.5, 0.6) is 0 Å². The van der Waals surface area contributed by atoms with Crippen molar-refractivity contribution in [3.8, 4) is 0 Å². The van der Waals surface area contributed by atoms with Crippen LogP contribution < -0.4 is 5.32 Å². The Morgan fingerprint density at radius 1 is 1.60 bits per heavy atom. The van der Waals surface area contributed by atoms with Crippen molar-refractivity contribution < 1.29 is 14.3 Å². The molecule has 0 radical (unpaired) electrons. The highest BCUT2D eigenvalue weighted by molar-refractivity contribution is 9.10. The van der Waals surface area contributed by atoms with E-state index in [0.29, 0.717) is 26.3 Å². The number of ether oxygens (including phenoxy) is 2.